The van der Waals surface area contributed by atoms with Crippen molar-refractivity contribution in [1.82, 2.24) is 19.8 Å². The molecule has 1 aromatic heterocycles. The van der Waals surface area contributed by atoms with Crippen LogP contribution in [-0.2, 0) is 20.9 Å². The van der Waals surface area contributed by atoms with Crippen molar-refractivity contribution < 1.29 is 14.3 Å². The van der Waals surface area contributed by atoms with Crippen LogP contribution in [0.3, 0.4) is 0 Å². The quantitative estimate of drug-likeness (QED) is 0.508. The number of aromatic nitrogens is 2. The largest absolute Gasteiger partial charge is 0.378 e. The van der Waals surface area contributed by atoms with E-state index in [0.29, 0.717) is 42.3 Å². The molecular formula is C28H38N8O3. The fourth-order valence-corrected chi connectivity index (χ4v) is 5.23. The maximum absolute atomic E-state index is 12.9. The van der Waals surface area contributed by atoms with Crippen LogP contribution in [-0.4, -0.2) is 91.6 Å². The van der Waals surface area contributed by atoms with E-state index in [1.807, 2.05) is 7.05 Å². The van der Waals surface area contributed by atoms with Crippen molar-refractivity contribution in [2.24, 2.45) is 0 Å². The summed E-state index contributed by atoms with van der Waals surface area (Å²) in [6.07, 6.45) is 6.63. The van der Waals surface area contributed by atoms with Crippen molar-refractivity contribution in [1.29, 1.82) is 0 Å². The highest BCUT2D eigenvalue weighted by molar-refractivity contribution is 6.32. The smallest absolute Gasteiger partial charge is 0.259 e. The van der Waals surface area contributed by atoms with E-state index in [2.05, 4.69) is 61.0 Å². The number of amides is 2. The molecule has 11 heteroatoms. The fourth-order valence-electron chi connectivity index (χ4n) is 5.23. The number of hydrogen-bond donors (Lipinski definition) is 3. The van der Waals surface area contributed by atoms with Gasteiger partial charge in [-0.25, -0.2) is 9.97 Å². The molecule has 2 bridgehead atoms. The minimum Gasteiger partial charge on any atom is -0.378 e. The molecule has 3 aliphatic rings. The first-order valence-electron chi connectivity index (χ1n) is 13.7. The molecule has 4 heterocycles. The fraction of sp³-hybridized carbons (Fsp3) is 0.500. The molecule has 1 saturated heterocycles. The second kappa shape index (κ2) is 12.4. The van der Waals surface area contributed by atoms with Crippen molar-refractivity contribution >= 4 is 40.4 Å². The van der Waals surface area contributed by atoms with Gasteiger partial charge >= 0.3 is 0 Å². The van der Waals surface area contributed by atoms with Crippen molar-refractivity contribution in [3.8, 4) is 0 Å². The Balaban J connectivity index is 1.45. The number of fused-ring (bicyclic) bond motifs is 2. The van der Waals surface area contributed by atoms with E-state index in [9.17, 15) is 9.59 Å². The number of carbonyl (C=O) groups excluding carboxylic acids is 2. The predicted molar refractivity (Wildman–Crippen MR) is 153 cm³/mol. The van der Waals surface area contributed by atoms with Gasteiger partial charge in [0, 0.05) is 63.8 Å². The number of likely N-dealkylation sites (N-methyl/N-ethyl adjacent to an activating group) is 1. The standard InChI is InChI=1S/C28H38N8O3/c1-34-10-5-3-4-6-24(37)35(2)11-9-29-26-25-22(28(38)33-27(25)32-19-31-26)17-30-21-7-8-23(20(16-21)18-34)36-12-14-39-15-13-36/h7-8,16-17,19,30H,3-6,9-15,18H2,1-2H3,(H2,29,31,32,33,38)/b22-17-. The van der Waals surface area contributed by atoms with Crippen molar-refractivity contribution in [3.63, 3.8) is 0 Å². The van der Waals surface area contributed by atoms with Crippen LogP contribution in [0.5, 0.6) is 0 Å². The molecule has 3 aliphatic heterocycles. The molecule has 1 aromatic carbocycles. The van der Waals surface area contributed by atoms with E-state index in [1.54, 1.807) is 11.1 Å². The number of benzene rings is 1. The van der Waals surface area contributed by atoms with Crippen LogP contribution in [0.1, 0.15) is 36.8 Å². The van der Waals surface area contributed by atoms with Crippen LogP contribution in [0.4, 0.5) is 23.0 Å². The minimum absolute atomic E-state index is 0.140. The third-order valence-electron chi connectivity index (χ3n) is 7.44. The summed E-state index contributed by atoms with van der Waals surface area (Å²) >= 11 is 0. The zero-order valence-corrected chi connectivity index (χ0v) is 22.8. The van der Waals surface area contributed by atoms with Gasteiger partial charge in [0.25, 0.3) is 5.91 Å². The van der Waals surface area contributed by atoms with Crippen LogP contribution in [0.2, 0.25) is 0 Å². The van der Waals surface area contributed by atoms with Gasteiger partial charge in [-0.2, -0.15) is 0 Å². The summed E-state index contributed by atoms with van der Waals surface area (Å²) in [7, 11) is 3.97. The lowest BCUT2D eigenvalue weighted by molar-refractivity contribution is -0.129. The Bertz CT molecular complexity index is 1230. The van der Waals surface area contributed by atoms with Gasteiger partial charge in [-0.3, -0.25) is 9.59 Å². The molecule has 0 unspecified atom stereocenters. The number of carbonyl (C=O) groups is 2. The summed E-state index contributed by atoms with van der Waals surface area (Å²) in [4.78, 5) is 40.6. The Morgan fingerprint density at radius 3 is 2.62 bits per heavy atom. The third-order valence-corrected chi connectivity index (χ3v) is 7.44. The van der Waals surface area contributed by atoms with E-state index in [1.165, 1.54) is 17.6 Å². The minimum atomic E-state index is -0.236. The first kappa shape index (κ1) is 26.9. The molecule has 0 saturated carbocycles. The number of hydrogen-bond acceptors (Lipinski definition) is 9. The van der Waals surface area contributed by atoms with Crippen LogP contribution >= 0.6 is 0 Å². The van der Waals surface area contributed by atoms with Crippen molar-refractivity contribution in [2.45, 2.75) is 32.2 Å². The lowest BCUT2D eigenvalue weighted by Gasteiger charge is -2.32. The number of rotatable bonds is 1. The van der Waals surface area contributed by atoms with Gasteiger partial charge in [0.05, 0.1) is 24.4 Å². The Labute approximate surface area is 229 Å². The lowest BCUT2D eigenvalue weighted by atomic mass is 10.1. The molecule has 208 valence electrons. The van der Waals surface area contributed by atoms with Gasteiger partial charge < -0.3 is 35.4 Å². The molecule has 2 aromatic rings. The van der Waals surface area contributed by atoms with Crippen LogP contribution < -0.4 is 20.9 Å². The Hall–Kier alpha value is -3.70. The second-order valence-electron chi connectivity index (χ2n) is 10.3. The van der Waals surface area contributed by atoms with Crippen LogP contribution in [0.25, 0.3) is 5.57 Å². The highest BCUT2D eigenvalue weighted by Gasteiger charge is 2.29. The first-order chi connectivity index (χ1) is 19.0. The molecule has 39 heavy (non-hydrogen) atoms. The summed E-state index contributed by atoms with van der Waals surface area (Å²) in [5, 5.41) is 9.48. The molecule has 0 spiro atoms. The number of ether oxygens (including phenoxy) is 1. The molecular weight excluding hydrogens is 496 g/mol. The molecule has 0 atom stereocenters. The average Bonchev–Trinajstić information content (AvgIpc) is 3.27. The lowest BCUT2D eigenvalue weighted by Crippen LogP contribution is -2.37. The van der Waals surface area contributed by atoms with Crippen molar-refractivity contribution in [3.05, 3.63) is 41.9 Å². The molecule has 2 amide bonds. The normalized spacial score (nSPS) is 21.2. The van der Waals surface area contributed by atoms with E-state index in [0.717, 1.165) is 64.3 Å². The van der Waals surface area contributed by atoms with E-state index in [4.69, 9.17) is 4.74 Å². The summed E-state index contributed by atoms with van der Waals surface area (Å²) < 4.78 is 5.58. The summed E-state index contributed by atoms with van der Waals surface area (Å²) in [6.45, 7) is 5.98. The molecule has 5 rings (SSSR count). The molecule has 0 aliphatic carbocycles. The monoisotopic (exact) mass is 534 g/mol. The molecule has 1 fully saturated rings. The molecule has 3 N–H and O–H groups in total. The zero-order valence-electron chi connectivity index (χ0n) is 22.8. The molecule has 11 nitrogen and oxygen atoms in total. The highest BCUT2D eigenvalue weighted by atomic mass is 16.5. The average molecular weight is 535 g/mol. The summed E-state index contributed by atoms with van der Waals surface area (Å²) in [5.74, 6) is 0.940. The predicted octanol–water partition coefficient (Wildman–Crippen LogP) is 2.59. The summed E-state index contributed by atoms with van der Waals surface area (Å²) in [6, 6.07) is 6.38. The van der Waals surface area contributed by atoms with Gasteiger partial charge in [-0.05, 0) is 50.2 Å². The summed E-state index contributed by atoms with van der Waals surface area (Å²) in [5.41, 5.74) is 4.43. The molecule has 0 radical (unpaired) electrons. The Kier molecular flexibility index (Phi) is 8.58. The number of nitrogens with one attached hydrogen (secondary N) is 3. The maximum atomic E-state index is 12.9. The van der Waals surface area contributed by atoms with Gasteiger partial charge in [-0.15, -0.1) is 0 Å². The van der Waals surface area contributed by atoms with Gasteiger partial charge in [-0.1, -0.05) is 6.42 Å². The number of nitrogens with zero attached hydrogens (tertiary/aromatic N) is 5. The number of morpholine rings is 1. The van der Waals surface area contributed by atoms with Gasteiger partial charge in [0.15, 0.2) is 0 Å². The number of anilines is 4. The highest BCUT2D eigenvalue weighted by Crippen LogP contribution is 2.35. The van der Waals surface area contributed by atoms with E-state index in [-0.39, 0.29) is 11.8 Å². The van der Waals surface area contributed by atoms with Gasteiger partial charge in [0.2, 0.25) is 5.91 Å². The van der Waals surface area contributed by atoms with E-state index >= 15 is 0 Å². The van der Waals surface area contributed by atoms with Crippen LogP contribution in [0, 0.1) is 0 Å². The first-order valence-corrected chi connectivity index (χ1v) is 13.7. The van der Waals surface area contributed by atoms with Crippen LogP contribution in [0.15, 0.2) is 30.7 Å². The Morgan fingerprint density at radius 1 is 0.949 bits per heavy atom. The van der Waals surface area contributed by atoms with Gasteiger partial charge in [0.1, 0.15) is 18.0 Å². The topological polar surface area (TPSA) is 115 Å². The Morgan fingerprint density at radius 2 is 1.77 bits per heavy atom. The zero-order chi connectivity index (χ0) is 27.2. The maximum Gasteiger partial charge on any atom is 0.259 e. The second-order valence-corrected chi connectivity index (χ2v) is 10.3. The SMILES string of the molecule is CN1CCCCCC(=O)N(C)CCNc2ncnc3c2/C(=C/Nc2ccc(N4CCOCC4)c(c2)C1)C(=O)N3. The third kappa shape index (κ3) is 6.48. The van der Waals surface area contributed by atoms with Crippen molar-refractivity contribution in [2.75, 3.05) is 80.9 Å². The van der Waals surface area contributed by atoms with E-state index < -0.39 is 0 Å².